The predicted molar refractivity (Wildman–Crippen MR) is 250 cm³/mol. The molecule has 0 fully saturated rings. The van der Waals surface area contributed by atoms with E-state index in [-0.39, 0.29) is 56.7 Å². The zero-order chi connectivity index (χ0) is 52.1. The van der Waals surface area contributed by atoms with Crippen molar-refractivity contribution >= 4 is 0 Å². The van der Waals surface area contributed by atoms with Crippen LogP contribution < -0.4 is 18.9 Å². The van der Waals surface area contributed by atoms with Gasteiger partial charge in [-0.25, -0.2) is 26.3 Å². The van der Waals surface area contributed by atoms with E-state index in [1.807, 2.05) is 47.6 Å². The topological polar surface area (TPSA) is 57.2 Å². The second kappa shape index (κ2) is 24.1. The summed E-state index contributed by atoms with van der Waals surface area (Å²) in [4.78, 5) is 0. The summed E-state index contributed by atoms with van der Waals surface area (Å²) >= 11 is 0. The first-order chi connectivity index (χ1) is 30.1. The average molecular weight is 961 g/mol. The van der Waals surface area contributed by atoms with Crippen molar-refractivity contribution in [1.29, 1.82) is 0 Å². The fourth-order valence-electron chi connectivity index (χ4n) is 5.18. The van der Waals surface area contributed by atoms with Gasteiger partial charge >= 0.3 is 6.18 Å². The number of hydrogen-bond donors (Lipinski definition) is 1. The SMILES string of the molecule is CC(C)(C)COc1cc(C(C)(C)C)ccc1F.CC(C)(C)c1ccc(F)c(OCC(F)(F)F)c1.CC(C)(C)c1ccc(F)c(OCC(F)F)c1.CC(C)(O)COc1cc(C(C)(C)C)ccc1F. The lowest BCUT2D eigenvalue weighted by Gasteiger charge is -2.22. The van der Waals surface area contributed by atoms with E-state index in [2.05, 4.69) is 67.1 Å². The Morgan fingerprint density at radius 3 is 0.881 bits per heavy atom. The number of hydrogen-bond acceptors (Lipinski definition) is 5. The van der Waals surface area contributed by atoms with E-state index in [1.165, 1.54) is 36.4 Å². The van der Waals surface area contributed by atoms with E-state index >= 15 is 0 Å². The molecule has 0 amide bonds. The molecule has 0 aliphatic heterocycles. The lowest BCUT2D eigenvalue weighted by molar-refractivity contribution is -0.153. The van der Waals surface area contributed by atoms with Crippen LogP contribution in [0.4, 0.5) is 39.5 Å². The highest BCUT2D eigenvalue weighted by molar-refractivity contribution is 5.37. The molecular formula is C53H73F9O5. The fourth-order valence-corrected chi connectivity index (χ4v) is 5.18. The second-order valence-corrected chi connectivity index (χ2v) is 22.1. The van der Waals surface area contributed by atoms with E-state index in [1.54, 1.807) is 38.1 Å². The van der Waals surface area contributed by atoms with Crippen LogP contribution in [-0.2, 0) is 21.7 Å². The highest BCUT2D eigenvalue weighted by atomic mass is 19.4. The van der Waals surface area contributed by atoms with Gasteiger partial charge < -0.3 is 24.1 Å². The monoisotopic (exact) mass is 961 g/mol. The molecule has 0 saturated carbocycles. The summed E-state index contributed by atoms with van der Waals surface area (Å²) in [6, 6.07) is 18.3. The first kappa shape index (κ1) is 60.4. The highest BCUT2D eigenvalue weighted by Crippen LogP contribution is 2.32. The third-order valence-electron chi connectivity index (χ3n) is 9.19. The van der Waals surface area contributed by atoms with Crippen molar-refractivity contribution in [2.45, 2.75) is 158 Å². The van der Waals surface area contributed by atoms with Crippen molar-refractivity contribution < 1.29 is 63.6 Å². The quantitative estimate of drug-likeness (QED) is 0.161. The maximum Gasteiger partial charge on any atom is 0.422 e. The second-order valence-electron chi connectivity index (χ2n) is 22.1. The van der Waals surface area contributed by atoms with Crippen molar-refractivity contribution in [2.75, 3.05) is 26.4 Å². The van der Waals surface area contributed by atoms with Gasteiger partial charge in [0.15, 0.2) is 52.9 Å². The number of ether oxygens (including phenoxy) is 4. The maximum absolute atomic E-state index is 13.6. The minimum atomic E-state index is -4.47. The van der Waals surface area contributed by atoms with Crippen LogP contribution in [0.15, 0.2) is 72.8 Å². The molecule has 0 aliphatic rings. The van der Waals surface area contributed by atoms with E-state index < -0.39 is 48.9 Å². The minimum Gasteiger partial charge on any atom is -0.490 e. The number of alkyl halides is 5. The number of aliphatic hydroxyl groups is 1. The van der Waals surface area contributed by atoms with Crippen LogP contribution in [-0.4, -0.2) is 49.7 Å². The van der Waals surface area contributed by atoms with Gasteiger partial charge in [-0.2, -0.15) is 13.2 Å². The molecule has 0 atom stereocenters. The first-order valence-electron chi connectivity index (χ1n) is 21.9. The molecule has 4 aromatic rings. The predicted octanol–water partition coefficient (Wildman–Crippen LogP) is 15.7. The smallest absolute Gasteiger partial charge is 0.422 e. The molecule has 67 heavy (non-hydrogen) atoms. The molecule has 4 rings (SSSR count). The van der Waals surface area contributed by atoms with Crippen molar-refractivity contribution in [3.8, 4) is 23.0 Å². The van der Waals surface area contributed by atoms with Gasteiger partial charge in [0.05, 0.1) is 12.2 Å². The summed E-state index contributed by atoms with van der Waals surface area (Å²) in [6.07, 6.45) is -7.07. The summed E-state index contributed by atoms with van der Waals surface area (Å²) in [5.74, 6) is -2.03. The zero-order valence-corrected chi connectivity index (χ0v) is 42.3. The number of halogens is 9. The van der Waals surface area contributed by atoms with Crippen molar-refractivity contribution in [2.24, 2.45) is 5.41 Å². The van der Waals surface area contributed by atoms with Crippen LogP contribution in [0.2, 0.25) is 0 Å². The van der Waals surface area contributed by atoms with E-state index in [4.69, 9.17) is 14.2 Å². The molecule has 4 aromatic carbocycles. The van der Waals surface area contributed by atoms with Gasteiger partial charge in [0, 0.05) is 0 Å². The van der Waals surface area contributed by atoms with Gasteiger partial charge in [-0.15, -0.1) is 0 Å². The molecule has 0 saturated heterocycles. The molecular weight excluding hydrogens is 888 g/mol. The van der Waals surface area contributed by atoms with Gasteiger partial charge in [-0.3, -0.25) is 0 Å². The molecule has 0 aromatic heterocycles. The molecule has 14 heteroatoms. The lowest BCUT2D eigenvalue weighted by Crippen LogP contribution is -2.28. The third-order valence-corrected chi connectivity index (χ3v) is 9.19. The summed E-state index contributed by atoms with van der Waals surface area (Å²) in [5.41, 5.74) is 2.23. The molecule has 0 heterocycles. The average Bonchev–Trinajstić information content (AvgIpc) is 3.14. The van der Waals surface area contributed by atoms with E-state index in [9.17, 15) is 44.6 Å². The van der Waals surface area contributed by atoms with Crippen LogP contribution in [0.3, 0.4) is 0 Å². The highest BCUT2D eigenvalue weighted by Gasteiger charge is 2.29. The molecule has 0 aliphatic carbocycles. The Morgan fingerprint density at radius 1 is 0.403 bits per heavy atom. The molecule has 0 spiro atoms. The standard InChI is InChI=1S/C15H23FO.C14H21FO2.C12H14F4O.C12H15F3O/c1-14(2,3)10-17-13-9-11(15(4,5)6)7-8-12(13)16;1-13(2,3)10-6-7-11(15)12(8-10)17-9-14(4,5)16;1-11(2,3)8-4-5-9(13)10(6-8)17-7-12(14,15)16;1-12(2,3)8-4-5-9(13)10(6-8)16-7-11(14)15/h7-9H,10H2,1-6H3;6-8,16H,9H2,1-5H3;4-6H,7H2,1-3H3;4-6,11H,7H2,1-3H3. The Kier molecular flexibility index (Phi) is 21.7. The Labute approximate surface area is 393 Å². The van der Waals surface area contributed by atoms with Gasteiger partial charge in [-0.05, 0) is 112 Å². The molecule has 0 bridgehead atoms. The van der Waals surface area contributed by atoms with Crippen molar-refractivity contribution in [3.05, 3.63) is 118 Å². The summed E-state index contributed by atoms with van der Waals surface area (Å²) in [5, 5.41) is 9.55. The zero-order valence-electron chi connectivity index (χ0n) is 42.3. The van der Waals surface area contributed by atoms with Crippen LogP contribution in [0.25, 0.3) is 0 Å². The Balaban J connectivity index is 0.000000447. The fraction of sp³-hybridized carbons (Fsp3) is 0.547. The Bertz CT molecular complexity index is 1940. The number of rotatable bonds is 10. The van der Waals surface area contributed by atoms with Gasteiger partial charge in [0.1, 0.15) is 13.2 Å². The van der Waals surface area contributed by atoms with Gasteiger partial charge in [-0.1, -0.05) is 128 Å². The molecule has 1 N–H and O–H groups in total. The van der Waals surface area contributed by atoms with E-state index in [0.29, 0.717) is 12.4 Å². The Hall–Kier alpha value is -4.59. The minimum absolute atomic E-state index is 0.00748. The maximum atomic E-state index is 13.6. The third kappa shape index (κ3) is 24.3. The normalized spacial score (nSPS) is 12.5. The van der Waals surface area contributed by atoms with Gasteiger partial charge in [0.25, 0.3) is 6.43 Å². The van der Waals surface area contributed by atoms with Crippen LogP contribution in [0, 0.1) is 28.7 Å². The number of benzene rings is 4. The summed E-state index contributed by atoms with van der Waals surface area (Å²) in [6.45, 7) is 31.7. The molecule has 0 radical (unpaired) electrons. The largest absolute Gasteiger partial charge is 0.490 e. The van der Waals surface area contributed by atoms with Crippen LogP contribution in [0.5, 0.6) is 23.0 Å². The van der Waals surface area contributed by atoms with Crippen molar-refractivity contribution in [3.63, 3.8) is 0 Å². The lowest BCUT2D eigenvalue weighted by atomic mass is 9.87. The van der Waals surface area contributed by atoms with Gasteiger partial charge in [0.2, 0.25) is 0 Å². The first-order valence-corrected chi connectivity index (χ1v) is 21.9. The summed E-state index contributed by atoms with van der Waals surface area (Å²) < 4.78 is 133. The molecule has 5 nitrogen and oxygen atoms in total. The van der Waals surface area contributed by atoms with Crippen molar-refractivity contribution in [1.82, 2.24) is 0 Å². The van der Waals surface area contributed by atoms with Crippen LogP contribution >= 0.6 is 0 Å². The molecule has 378 valence electrons. The van der Waals surface area contributed by atoms with Crippen LogP contribution in [0.1, 0.15) is 140 Å². The van der Waals surface area contributed by atoms with E-state index in [0.717, 1.165) is 28.3 Å². The molecule has 0 unspecified atom stereocenters. The summed E-state index contributed by atoms with van der Waals surface area (Å²) in [7, 11) is 0. The Morgan fingerprint density at radius 2 is 0.657 bits per heavy atom.